The number of carbonyl (C=O) groups is 3. The molecule has 6 nitrogen and oxygen atoms in total. The summed E-state index contributed by atoms with van der Waals surface area (Å²) in [6.07, 6.45) is 4.21. The molecule has 0 saturated carbocycles. The number of amides is 2. The summed E-state index contributed by atoms with van der Waals surface area (Å²) in [5, 5.41) is 14.7. The smallest absolute Gasteiger partial charge is 0.307 e. The van der Waals surface area contributed by atoms with Gasteiger partial charge in [-0.25, -0.2) is 0 Å². The van der Waals surface area contributed by atoms with Crippen molar-refractivity contribution in [2.45, 2.75) is 12.8 Å². The highest BCUT2D eigenvalue weighted by Crippen LogP contribution is 2.28. The summed E-state index contributed by atoms with van der Waals surface area (Å²) in [5.74, 6) is -3.27. The van der Waals surface area contributed by atoms with E-state index < -0.39 is 23.7 Å². The molecule has 0 radical (unpaired) electrons. The van der Waals surface area contributed by atoms with E-state index in [9.17, 15) is 19.5 Å². The number of hydrogen-bond donors (Lipinski definition) is 3. The Kier molecular flexibility index (Phi) is 5.39. The van der Waals surface area contributed by atoms with Crippen LogP contribution in [-0.4, -0.2) is 29.9 Å². The van der Waals surface area contributed by atoms with E-state index in [2.05, 4.69) is 10.6 Å². The van der Waals surface area contributed by atoms with Crippen LogP contribution in [0.2, 0.25) is 5.02 Å². The predicted molar refractivity (Wildman–Crippen MR) is 86.5 cm³/mol. The van der Waals surface area contributed by atoms with Crippen molar-refractivity contribution in [3.05, 3.63) is 40.9 Å². The number of carbonyl (C=O) groups excluding carboxylic acids is 2. The maximum absolute atomic E-state index is 12.5. The lowest BCUT2D eigenvalue weighted by Gasteiger charge is -2.24. The Balaban J connectivity index is 2.26. The summed E-state index contributed by atoms with van der Waals surface area (Å²) in [6, 6.07) is 4.52. The third-order valence-electron chi connectivity index (χ3n) is 3.80. The number of aliphatic carboxylic acids is 1. The van der Waals surface area contributed by atoms with E-state index in [0.29, 0.717) is 17.9 Å². The maximum Gasteiger partial charge on any atom is 0.307 e. The zero-order chi connectivity index (χ0) is 17.0. The number of halogens is 1. The van der Waals surface area contributed by atoms with Crippen LogP contribution in [0.4, 0.5) is 5.69 Å². The molecule has 23 heavy (non-hydrogen) atoms. The van der Waals surface area contributed by atoms with Gasteiger partial charge in [-0.15, -0.1) is 0 Å². The third-order valence-corrected chi connectivity index (χ3v) is 4.03. The van der Waals surface area contributed by atoms with Crippen molar-refractivity contribution >= 4 is 35.1 Å². The molecule has 2 atom stereocenters. The largest absolute Gasteiger partial charge is 0.481 e. The molecule has 1 aliphatic carbocycles. The van der Waals surface area contributed by atoms with Gasteiger partial charge in [0.25, 0.3) is 5.91 Å². The predicted octanol–water partition coefficient (Wildman–Crippen LogP) is 2.31. The number of benzene rings is 1. The van der Waals surface area contributed by atoms with Crippen molar-refractivity contribution in [3.8, 4) is 0 Å². The van der Waals surface area contributed by atoms with Crippen LogP contribution in [0.25, 0.3) is 0 Å². The van der Waals surface area contributed by atoms with E-state index in [4.69, 9.17) is 11.6 Å². The molecule has 0 spiro atoms. The van der Waals surface area contributed by atoms with Crippen LogP contribution in [-0.2, 0) is 9.59 Å². The van der Waals surface area contributed by atoms with Gasteiger partial charge in [-0.2, -0.15) is 0 Å². The molecule has 0 aromatic heterocycles. The van der Waals surface area contributed by atoms with Crippen LogP contribution in [0.1, 0.15) is 23.2 Å². The third kappa shape index (κ3) is 3.90. The molecule has 0 aliphatic heterocycles. The van der Waals surface area contributed by atoms with Crippen LogP contribution in [0.5, 0.6) is 0 Å². The summed E-state index contributed by atoms with van der Waals surface area (Å²) < 4.78 is 0. The fraction of sp³-hybridized carbons (Fsp3) is 0.312. The molecule has 0 saturated heterocycles. The first-order chi connectivity index (χ1) is 10.9. The zero-order valence-electron chi connectivity index (χ0n) is 12.5. The molecule has 7 heteroatoms. The van der Waals surface area contributed by atoms with Gasteiger partial charge in [0.05, 0.1) is 23.1 Å². The average molecular weight is 337 g/mol. The highest BCUT2D eigenvalue weighted by molar-refractivity contribution is 6.31. The summed E-state index contributed by atoms with van der Waals surface area (Å²) in [5.41, 5.74) is 0.531. The van der Waals surface area contributed by atoms with Crippen molar-refractivity contribution in [3.63, 3.8) is 0 Å². The van der Waals surface area contributed by atoms with Crippen LogP contribution in [0, 0.1) is 11.8 Å². The first kappa shape index (κ1) is 17.0. The fourth-order valence-electron chi connectivity index (χ4n) is 2.55. The van der Waals surface area contributed by atoms with Gasteiger partial charge in [0, 0.05) is 12.1 Å². The molecule has 0 unspecified atom stereocenters. The molecular formula is C16H17ClN2O4. The second-order valence-electron chi connectivity index (χ2n) is 5.25. The van der Waals surface area contributed by atoms with Crippen molar-refractivity contribution in [1.29, 1.82) is 0 Å². The van der Waals surface area contributed by atoms with Crippen LogP contribution >= 0.6 is 11.6 Å². The molecular weight excluding hydrogens is 320 g/mol. The Morgan fingerprint density at radius 3 is 2.43 bits per heavy atom. The standard InChI is InChI=1S/C16H17ClN2O4/c1-18-14(20)12-7-6-9(17)8-13(12)19-15(21)10-4-2-3-5-11(10)16(22)23/h2-3,6-8,10-11H,4-5H2,1H3,(H,18,20)(H,19,21)(H,22,23)/t10-,11+/m1/s1. The van der Waals surface area contributed by atoms with Crippen molar-refractivity contribution in [2.75, 3.05) is 12.4 Å². The Morgan fingerprint density at radius 2 is 1.83 bits per heavy atom. The van der Waals surface area contributed by atoms with Gasteiger partial charge in [-0.1, -0.05) is 23.8 Å². The van der Waals surface area contributed by atoms with E-state index in [-0.39, 0.29) is 17.2 Å². The Morgan fingerprint density at radius 1 is 1.17 bits per heavy atom. The minimum absolute atomic E-state index is 0.264. The molecule has 1 aromatic rings. The Bertz CT molecular complexity index is 672. The van der Waals surface area contributed by atoms with Crippen LogP contribution < -0.4 is 10.6 Å². The molecule has 1 aromatic carbocycles. The maximum atomic E-state index is 12.5. The molecule has 2 rings (SSSR count). The monoisotopic (exact) mass is 336 g/mol. The lowest BCUT2D eigenvalue weighted by atomic mass is 9.82. The van der Waals surface area contributed by atoms with Crippen LogP contribution in [0.15, 0.2) is 30.4 Å². The summed E-state index contributed by atoms with van der Waals surface area (Å²) in [6.45, 7) is 0. The number of rotatable bonds is 4. The Labute approximate surface area is 138 Å². The van der Waals surface area contributed by atoms with Gasteiger partial charge >= 0.3 is 5.97 Å². The normalized spacial score (nSPS) is 19.9. The first-order valence-corrected chi connectivity index (χ1v) is 7.52. The van der Waals surface area contributed by atoms with Crippen LogP contribution in [0.3, 0.4) is 0 Å². The van der Waals surface area contributed by atoms with E-state index >= 15 is 0 Å². The number of carboxylic acids is 1. The highest BCUT2D eigenvalue weighted by Gasteiger charge is 2.34. The van der Waals surface area contributed by atoms with Gasteiger partial charge < -0.3 is 15.7 Å². The molecule has 0 heterocycles. The summed E-state index contributed by atoms with van der Waals surface area (Å²) in [7, 11) is 1.48. The summed E-state index contributed by atoms with van der Waals surface area (Å²) >= 11 is 5.92. The Hall–Kier alpha value is -2.34. The molecule has 0 bridgehead atoms. The number of hydrogen-bond acceptors (Lipinski definition) is 3. The van der Waals surface area contributed by atoms with Gasteiger partial charge in [-0.05, 0) is 31.0 Å². The van der Waals surface area contributed by atoms with Crippen molar-refractivity contribution in [2.24, 2.45) is 11.8 Å². The van der Waals surface area contributed by atoms with E-state index in [0.717, 1.165) is 0 Å². The SMILES string of the molecule is CNC(=O)c1ccc(Cl)cc1NC(=O)[C@@H]1CC=CC[C@@H]1C(=O)O. The first-order valence-electron chi connectivity index (χ1n) is 7.14. The van der Waals surface area contributed by atoms with Gasteiger partial charge in [-0.3, -0.25) is 14.4 Å². The number of nitrogens with one attached hydrogen (secondary N) is 2. The molecule has 0 fully saturated rings. The summed E-state index contributed by atoms with van der Waals surface area (Å²) in [4.78, 5) is 35.6. The average Bonchev–Trinajstić information content (AvgIpc) is 2.54. The molecule has 122 valence electrons. The van der Waals surface area contributed by atoms with Crippen molar-refractivity contribution in [1.82, 2.24) is 5.32 Å². The number of anilines is 1. The second-order valence-corrected chi connectivity index (χ2v) is 5.69. The van der Waals surface area contributed by atoms with Gasteiger partial charge in [0.2, 0.25) is 5.91 Å². The molecule has 2 amide bonds. The van der Waals surface area contributed by atoms with E-state index in [1.165, 1.54) is 19.2 Å². The quantitative estimate of drug-likeness (QED) is 0.735. The highest BCUT2D eigenvalue weighted by atomic mass is 35.5. The lowest BCUT2D eigenvalue weighted by Crippen LogP contribution is -2.35. The van der Waals surface area contributed by atoms with E-state index in [1.54, 1.807) is 18.2 Å². The van der Waals surface area contributed by atoms with Crippen molar-refractivity contribution < 1.29 is 19.5 Å². The minimum Gasteiger partial charge on any atom is -0.481 e. The van der Waals surface area contributed by atoms with Gasteiger partial charge in [0.1, 0.15) is 0 Å². The lowest BCUT2D eigenvalue weighted by molar-refractivity contribution is -0.146. The molecule has 1 aliphatic rings. The number of carboxylic acid groups (broad SMARTS) is 1. The zero-order valence-corrected chi connectivity index (χ0v) is 13.3. The minimum atomic E-state index is -1.01. The topological polar surface area (TPSA) is 95.5 Å². The van der Waals surface area contributed by atoms with E-state index in [1.807, 2.05) is 0 Å². The molecule has 3 N–H and O–H groups in total. The fourth-order valence-corrected chi connectivity index (χ4v) is 2.73. The second kappa shape index (κ2) is 7.28. The van der Waals surface area contributed by atoms with Gasteiger partial charge in [0.15, 0.2) is 0 Å². The number of allylic oxidation sites excluding steroid dienone is 2.